The van der Waals surface area contributed by atoms with Crippen LogP contribution in [0.4, 0.5) is 14.9 Å². The summed E-state index contributed by atoms with van der Waals surface area (Å²) in [5, 5.41) is 0. The molecule has 1 amide bonds. The fourth-order valence-electron chi connectivity index (χ4n) is 2.83. The van der Waals surface area contributed by atoms with E-state index in [2.05, 4.69) is 15.9 Å². The summed E-state index contributed by atoms with van der Waals surface area (Å²) in [5.41, 5.74) is 2.18. The van der Waals surface area contributed by atoms with Crippen molar-refractivity contribution in [1.82, 2.24) is 0 Å². The van der Waals surface area contributed by atoms with Gasteiger partial charge in [0.15, 0.2) is 0 Å². The minimum Gasteiger partial charge on any atom is -0.444 e. The average Bonchev–Trinajstić information content (AvgIpc) is 2.78. The van der Waals surface area contributed by atoms with Crippen molar-refractivity contribution in [1.29, 1.82) is 0 Å². The summed E-state index contributed by atoms with van der Waals surface area (Å²) in [6.07, 6.45) is -0.456. The maximum Gasteiger partial charge on any atom is 0.414 e. The van der Waals surface area contributed by atoms with Gasteiger partial charge in [-0.15, -0.1) is 0 Å². The fourth-order valence-corrected chi connectivity index (χ4v) is 3.17. The second kappa shape index (κ2) is 5.96. The van der Waals surface area contributed by atoms with Gasteiger partial charge in [0.1, 0.15) is 12.4 Å². The van der Waals surface area contributed by atoms with Gasteiger partial charge in [0.25, 0.3) is 0 Å². The van der Waals surface area contributed by atoms with Gasteiger partial charge in [-0.3, -0.25) is 4.90 Å². The summed E-state index contributed by atoms with van der Waals surface area (Å²) in [6, 6.07) is 12.6. The number of carbonyl (C=O) groups excluding carboxylic acids is 1. The lowest BCUT2D eigenvalue weighted by molar-refractivity contribution is 0.147. The van der Waals surface area contributed by atoms with Crippen molar-refractivity contribution >= 4 is 27.7 Å². The number of rotatable bonds is 2. The van der Waals surface area contributed by atoms with E-state index in [1.165, 1.54) is 11.0 Å². The molecule has 0 fully saturated rings. The van der Waals surface area contributed by atoms with Gasteiger partial charge < -0.3 is 4.74 Å². The van der Waals surface area contributed by atoms with E-state index < -0.39 is 6.09 Å². The quantitative estimate of drug-likeness (QED) is 0.734. The number of halogens is 2. The second-order valence-corrected chi connectivity index (χ2v) is 7.15. The molecule has 1 aliphatic rings. The van der Waals surface area contributed by atoms with E-state index in [1.807, 2.05) is 44.2 Å². The lowest BCUT2D eigenvalue weighted by Crippen LogP contribution is -2.34. The molecule has 2 aromatic carbocycles. The molecule has 3 nitrogen and oxygen atoms in total. The van der Waals surface area contributed by atoms with E-state index in [1.54, 1.807) is 6.07 Å². The van der Waals surface area contributed by atoms with Crippen LogP contribution >= 0.6 is 15.9 Å². The number of fused-ring (bicyclic) bond motifs is 1. The highest BCUT2D eigenvalue weighted by atomic mass is 79.9. The standard InChI is InChI=1S/C18H17BrFNO2/c1-18(2)11-21(16-9-15(20)14(19)8-13(16)18)17(22)23-10-12-6-4-3-5-7-12/h3-9H,10-11H2,1-2H3. The second-order valence-electron chi connectivity index (χ2n) is 6.29. The molecule has 23 heavy (non-hydrogen) atoms. The van der Waals surface area contributed by atoms with Crippen LogP contribution in [0.5, 0.6) is 0 Å². The predicted octanol–water partition coefficient (Wildman–Crippen LogP) is 5.02. The maximum absolute atomic E-state index is 13.9. The summed E-state index contributed by atoms with van der Waals surface area (Å²) < 4.78 is 19.7. The average molecular weight is 378 g/mol. The van der Waals surface area contributed by atoms with Crippen molar-refractivity contribution in [2.45, 2.75) is 25.9 Å². The first-order valence-electron chi connectivity index (χ1n) is 7.36. The SMILES string of the molecule is CC1(C)CN(C(=O)OCc2ccccc2)c2cc(F)c(Br)cc21. The Morgan fingerprint density at radius 1 is 1.30 bits per heavy atom. The first-order valence-corrected chi connectivity index (χ1v) is 8.15. The zero-order valence-corrected chi connectivity index (χ0v) is 14.6. The number of carbonyl (C=O) groups is 1. The topological polar surface area (TPSA) is 29.5 Å². The number of amides is 1. The van der Waals surface area contributed by atoms with Gasteiger partial charge in [0.2, 0.25) is 0 Å². The van der Waals surface area contributed by atoms with Crippen LogP contribution in [0.25, 0.3) is 0 Å². The highest BCUT2D eigenvalue weighted by Crippen LogP contribution is 2.42. The first kappa shape index (κ1) is 16.0. The van der Waals surface area contributed by atoms with Crippen LogP contribution in [0.15, 0.2) is 46.9 Å². The summed E-state index contributed by atoms with van der Waals surface area (Å²) in [6.45, 7) is 4.72. The Labute approximate surface area is 143 Å². The Bertz CT molecular complexity index is 746. The van der Waals surface area contributed by atoms with Crippen LogP contribution in [0, 0.1) is 5.82 Å². The predicted molar refractivity (Wildman–Crippen MR) is 91.1 cm³/mol. The van der Waals surface area contributed by atoms with Crippen LogP contribution < -0.4 is 4.90 Å². The van der Waals surface area contributed by atoms with Crippen LogP contribution in [0.2, 0.25) is 0 Å². The highest BCUT2D eigenvalue weighted by molar-refractivity contribution is 9.10. The highest BCUT2D eigenvalue weighted by Gasteiger charge is 2.39. The summed E-state index contributed by atoms with van der Waals surface area (Å²) in [4.78, 5) is 13.9. The normalized spacial score (nSPS) is 15.4. The number of hydrogen-bond donors (Lipinski definition) is 0. The molecule has 0 saturated carbocycles. The van der Waals surface area contributed by atoms with E-state index in [0.717, 1.165) is 11.1 Å². The molecule has 0 spiro atoms. The lowest BCUT2D eigenvalue weighted by atomic mass is 9.87. The molecule has 0 atom stereocenters. The summed E-state index contributed by atoms with van der Waals surface area (Å²) in [7, 11) is 0. The number of hydrogen-bond acceptors (Lipinski definition) is 2. The van der Waals surface area contributed by atoms with E-state index in [0.29, 0.717) is 16.7 Å². The van der Waals surface area contributed by atoms with E-state index in [4.69, 9.17) is 4.74 Å². The third kappa shape index (κ3) is 3.11. The monoisotopic (exact) mass is 377 g/mol. The first-order chi connectivity index (χ1) is 10.9. The van der Waals surface area contributed by atoms with Gasteiger partial charge >= 0.3 is 6.09 Å². The van der Waals surface area contributed by atoms with Crippen molar-refractivity contribution in [2.75, 3.05) is 11.4 Å². The lowest BCUT2D eigenvalue weighted by Gasteiger charge is -2.20. The molecule has 0 N–H and O–H groups in total. The Morgan fingerprint density at radius 2 is 2.00 bits per heavy atom. The van der Waals surface area contributed by atoms with Gasteiger partial charge in [0, 0.05) is 12.0 Å². The Balaban J connectivity index is 1.82. The van der Waals surface area contributed by atoms with Crippen LogP contribution in [-0.2, 0) is 16.8 Å². The maximum atomic E-state index is 13.9. The largest absolute Gasteiger partial charge is 0.444 e. The smallest absolute Gasteiger partial charge is 0.414 e. The van der Waals surface area contributed by atoms with Crippen molar-refractivity contribution in [3.05, 3.63) is 63.9 Å². The van der Waals surface area contributed by atoms with Gasteiger partial charge in [-0.05, 0) is 39.2 Å². The molecule has 120 valence electrons. The van der Waals surface area contributed by atoms with Gasteiger partial charge in [-0.25, -0.2) is 9.18 Å². The molecule has 2 aromatic rings. The molecule has 0 unspecified atom stereocenters. The van der Waals surface area contributed by atoms with Gasteiger partial charge in [0.05, 0.1) is 10.2 Å². The number of nitrogens with zero attached hydrogens (tertiary/aromatic N) is 1. The summed E-state index contributed by atoms with van der Waals surface area (Å²) >= 11 is 3.21. The number of ether oxygens (including phenoxy) is 1. The zero-order chi connectivity index (χ0) is 16.6. The molecule has 0 saturated heterocycles. The van der Waals surface area contributed by atoms with Crippen molar-refractivity contribution in [2.24, 2.45) is 0 Å². The third-order valence-electron chi connectivity index (χ3n) is 4.04. The zero-order valence-electron chi connectivity index (χ0n) is 13.0. The minimum atomic E-state index is -0.456. The van der Waals surface area contributed by atoms with Crippen LogP contribution in [-0.4, -0.2) is 12.6 Å². The molecular formula is C18H17BrFNO2. The van der Waals surface area contributed by atoms with Gasteiger partial charge in [-0.2, -0.15) is 0 Å². The fraction of sp³-hybridized carbons (Fsp3) is 0.278. The Morgan fingerprint density at radius 3 is 2.70 bits per heavy atom. The minimum absolute atomic E-state index is 0.199. The van der Waals surface area contributed by atoms with Crippen molar-refractivity contribution in [3.63, 3.8) is 0 Å². The van der Waals surface area contributed by atoms with Crippen LogP contribution in [0.3, 0.4) is 0 Å². The molecule has 0 aliphatic carbocycles. The summed E-state index contributed by atoms with van der Waals surface area (Å²) in [5.74, 6) is -0.387. The third-order valence-corrected chi connectivity index (χ3v) is 4.65. The van der Waals surface area contributed by atoms with E-state index in [-0.39, 0.29) is 17.8 Å². The molecule has 1 heterocycles. The van der Waals surface area contributed by atoms with E-state index in [9.17, 15) is 9.18 Å². The molecule has 0 radical (unpaired) electrons. The molecule has 3 rings (SSSR count). The Kier molecular flexibility index (Phi) is 4.15. The number of benzene rings is 2. The number of anilines is 1. The molecule has 0 aromatic heterocycles. The molecule has 1 aliphatic heterocycles. The molecular weight excluding hydrogens is 361 g/mol. The van der Waals surface area contributed by atoms with Crippen LogP contribution in [0.1, 0.15) is 25.0 Å². The van der Waals surface area contributed by atoms with E-state index >= 15 is 0 Å². The van der Waals surface area contributed by atoms with Crippen molar-refractivity contribution in [3.8, 4) is 0 Å². The Hall–Kier alpha value is -1.88. The molecule has 0 bridgehead atoms. The molecule has 5 heteroatoms. The van der Waals surface area contributed by atoms with Crippen molar-refractivity contribution < 1.29 is 13.9 Å². The van der Waals surface area contributed by atoms with Gasteiger partial charge in [-0.1, -0.05) is 44.2 Å².